The van der Waals surface area contributed by atoms with Gasteiger partial charge in [0, 0.05) is 0 Å². The number of esters is 1. The molecule has 2 heteroatoms. The molecule has 0 atom stereocenters. The molecule has 0 radical (unpaired) electrons. The lowest BCUT2D eigenvalue weighted by Crippen LogP contribution is -2.08. The van der Waals surface area contributed by atoms with Crippen LogP contribution >= 0.6 is 0 Å². The topological polar surface area (TPSA) is 26.3 Å². The lowest BCUT2D eigenvalue weighted by molar-refractivity contribution is -0.142. The molecule has 0 aliphatic rings. The van der Waals surface area contributed by atoms with E-state index in [1.165, 1.54) is 0 Å². The average Bonchev–Trinajstić information content (AvgIpc) is 2.44. The summed E-state index contributed by atoms with van der Waals surface area (Å²) in [5.74, 6) is -0.170. The Labute approximate surface area is 122 Å². The number of allylic oxidation sites excluding steroid dienone is 2. The Balaban J connectivity index is 2.17. The minimum absolute atomic E-state index is 0.125. The van der Waals surface area contributed by atoms with Crippen LogP contribution in [0.25, 0.3) is 0 Å². The zero-order chi connectivity index (χ0) is 14.8. The van der Waals surface area contributed by atoms with Crippen molar-refractivity contribution in [3.8, 4) is 0 Å². The van der Waals surface area contributed by atoms with E-state index in [1.807, 2.05) is 36.4 Å². The van der Waals surface area contributed by atoms with Crippen LogP contribution in [0.5, 0.6) is 0 Å². The summed E-state index contributed by atoms with van der Waals surface area (Å²) in [6.45, 7) is 8.53. The summed E-state index contributed by atoms with van der Waals surface area (Å²) in [4.78, 5) is 11.6. The standard InChI is InChI=1S/C18H24O2/c1-4-18(2,3)13-9-6-10-14-20-17(19)15-16-11-7-5-8-12-16/h4-9,11-12H,1,10,13-15H2,2-3H3/b9-6+. The fourth-order valence-electron chi connectivity index (χ4n) is 1.64. The van der Waals surface area contributed by atoms with Crippen molar-refractivity contribution in [1.82, 2.24) is 0 Å². The molecule has 0 N–H and O–H groups in total. The highest BCUT2D eigenvalue weighted by molar-refractivity contribution is 5.72. The van der Waals surface area contributed by atoms with Gasteiger partial charge in [0.25, 0.3) is 0 Å². The molecule has 108 valence electrons. The first-order chi connectivity index (χ1) is 9.53. The first kappa shape index (κ1) is 16.2. The molecule has 1 aromatic rings. The second kappa shape index (κ2) is 8.36. The number of ether oxygens (including phenoxy) is 1. The predicted octanol–water partition coefficient (Wildman–Crippen LogP) is 4.32. The van der Waals surface area contributed by atoms with Crippen molar-refractivity contribution in [2.45, 2.75) is 33.1 Å². The number of hydrogen-bond acceptors (Lipinski definition) is 2. The van der Waals surface area contributed by atoms with E-state index in [4.69, 9.17) is 4.74 Å². The molecule has 0 aliphatic carbocycles. The van der Waals surface area contributed by atoms with Gasteiger partial charge in [-0.15, -0.1) is 6.58 Å². The SMILES string of the molecule is C=CC(C)(C)C/C=C/CCOC(=O)Cc1ccccc1. The van der Waals surface area contributed by atoms with Gasteiger partial charge in [-0.1, -0.05) is 62.4 Å². The summed E-state index contributed by atoms with van der Waals surface area (Å²) in [7, 11) is 0. The second-order valence-corrected chi connectivity index (χ2v) is 5.54. The quantitative estimate of drug-likeness (QED) is 0.400. The van der Waals surface area contributed by atoms with Crippen molar-refractivity contribution in [2.75, 3.05) is 6.61 Å². The van der Waals surface area contributed by atoms with Crippen molar-refractivity contribution in [1.29, 1.82) is 0 Å². The third kappa shape index (κ3) is 6.93. The lowest BCUT2D eigenvalue weighted by atomic mass is 9.89. The number of hydrogen-bond donors (Lipinski definition) is 0. The fraction of sp³-hybridized carbons (Fsp3) is 0.389. The monoisotopic (exact) mass is 272 g/mol. The van der Waals surface area contributed by atoms with Crippen LogP contribution in [0.1, 0.15) is 32.3 Å². The third-order valence-corrected chi connectivity index (χ3v) is 3.10. The van der Waals surface area contributed by atoms with Crippen molar-refractivity contribution in [3.05, 3.63) is 60.7 Å². The van der Waals surface area contributed by atoms with Crippen molar-refractivity contribution in [3.63, 3.8) is 0 Å². The maximum atomic E-state index is 11.6. The van der Waals surface area contributed by atoms with Gasteiger partial charge in [0.1, 0.15) is 0 Å². The molecule has 0 bridgehead atoms. The fourth-order valence-corrected chi connectivity index (χ4v) is 1.64. The van der Waals surface area contributed by atoms with Crippen LogP contribution in [-0.2, 0) is 16.0 Å². The molecule has 0 saturated carbocycles. The van der Waals surface area contributed by atoms with Crippen LogP contribution in [0.2, 0.25) is 0 Å². The Bertz CT molecular complexity index is 444. The first-order valence-corrected chi connectivity index (χ1v) is 7.02. The molecule has 20 heavy (non-hydrogen) atoms. The Morgan fingerprint density at radius 1 is 1.25 bits per heavy atom. The zero-order valence-corrected chi connectivity index (χ0v) is 12.5. The van der Waals surface area contributed by atoms with E-state index in [9.17, 15) is 4.79 Å². The Morgan fingerprint density at radius 2 is 1.95 bits per heavy atom. The second-order valence-electron chi connectivity index (χ2n) is 5.54. The van der Waals surface area contributed by atoms with E-state index in [1.54, 1.807) is 0 Å². The number of carbonyl (C=O) groups is 1. The maximum Gasteiger partial charge on any atom is 0.310 e. The Kier molecular flexibility index (Phi) is 6.78. The van der Waals surface area contributed by atoms with Crippen LogP contribution in [0.4, 0.5) is 0 Å². The molecule has 0 unspecified atom stereocenters. The molecule has 0 aromatic heterocycles. The highest BCUT2D eigenvalue weighted by Gasteiger charge is 2.09. The molecule has 0 saturated heterocycles. The van der Waals surface area contributed by atoms with E-state index in [0.29, 0.717) is 13.0 Å². The van der Waals surface area contributed by atoms with E-state index in [0.717, 1.165) is 18.4 Å². The van der Waals surface area contributed by atoms with Gasteiger partial charge in [-0.25, -0.2) is 0 Å². The first-order valence-electron chi connectivity index (χ1n) is 7.02. The molecule has 0 fully saturated rings. The van der Waals surface area contributed by atoms with Crippen molar-refractivity contribution < 1.29 is 9.53 Å². The average molecular weight is 272 g/mol. The third-order valence-electron chi connectivity index (χ3n) is 3.10. The summed E-state index contributed by atoms with van der Waals surface area (Å²) < 4.78 is 5.19. The Hall–Kier alpha value is -1.83. The summed E-state index contributed by atoms with van der Waals surface area (Å²) >= 11 is 0. The normalized spacial score (nSPS) is 11.5. The summed E-state index contributed by atoms with van der Waals surface area (Å²) in [6, 6.07) is 9.64. The van der Waals surface area contributed by atoms with E-state index in [2.05, 4.69) is 32.6 Å². The van der Waals surface area contributed by atoms with Crippen LogP contribution in [-0.4, -0.2) is 12.6 Å². The largest absolute Gasteiger partial charge is 0.465 e. The van der Waals surface area contributed by atoms with Crippen LogP contribution in [0.3, 0.4) is 0 Å². The zero-order valence-electron chi connectivity index (χ0n) is 12.5. The van der Waals surface area contributed by atoms with Gasteiger partial charge in [0.15, 0.2) is 0 Å². The number of rotatable bonds is 8. The Morgan fingerprint density at radius 3 is 2.60 bits per heavy atom. The van der Waals surface area contributed by atoms with Crippen LogP contribution in [0.15, 0.2) is 55.1 Å². The van der Waals surface area contributed by atoms with Crippen LogP contribution in [0, 0.1) is 5.41 Å². The smallest absolute Gasteiger partial charge is 0.310 e. The molecule has 0 heterocycles. The highest BCUT2D eigenvalue weighted by Crippen LogP contribution is 2.21. The van der Waals surface area contributed by atoms with Gasteiger partial charge in [0.2, 0.25) is 0 Å². The van der Waals surface area contributed by atoms with Gasteiger partial charge in [-0.05, 0) is 23.8 Å². The summed E-state index contributed by atoms with van der Waals surface area (Å²) in [5, 5.41) is 0. The van der Waals surface area contributed by atoms with Gasteiger partial charge >= 0.3 is 5.97 Å². The van der Waals surface area contributed by atoms with Gasteiger partial charge in [-0.2, -0.15) is 0 Å². The molecular weight excluding hydrogens is 248 g/mol. The van der Waals surface area contributed by atoms with E-state index in [-0.39, 0.29) is 11.4 Å². The van der Waals surface area contributed by atoms with Crippen molar-refractivity contribution >= 4 is 5.97 Å². The summed E-state index contributed by atoms with van der Waals surface area (Å²) in [6.07, 6.45) is 8.18. The maximum absolute atomic E-state index is 11.6. The molecule has 2 nitrogen and oxygen atoms in total. The molecule has 0 spiro atoms. The molecular formula is C18H24O2. The predicted molar refractivity (Wildman–Crippen MR) is 83.5 cm³/mol. The minimum atomic E-state index is -0.170. The number of carbonyl (C=O) groups excluding carboxylic acids is 1. The molecule has 0 amide bonds. The molecule has 1 rings (SSSR count). The molecule has 1 aromatic carbocycles. The minimum Gasteiger partial charge on any atom is -0.465 e. The van der Waals surface area contributed by atoms with E-state index < -0.39 is 0 Å². The highest BCUT2D eigenvalue weighted by atomic mass is 16.5. The van der Waals surface area contributed by atoms with Gasteiger partial charge < -0.3 is 4.74 Å². The van der Waals surface area contributed by atoms with E-state index >= 15 is 0 Å². The lowest BCUT2D eigenvalue weighted by Gasteiger charge is -2.16. The van der Waals surface area contributed by atoms with Crippen molar-refractivity contribution in [2.24, 2.45) is 5.41 Å². The number of benzene rings is 1. The van der Waals surface area contributed by atoms with Gasteiger partial charge in [0.05, 0.1) is 13.0 Å². The van der Waals surface area contributed by atoms with Gasteiger partial charge in [-0.3, -0.25) is 4.79 Å². The molecule has 0 aliphatic heterocycles. The summed E-state index contributed by atoms with van der Waals surface area (Å²) in [5.41, 5.74) is 1.11. The van der Waals surface area contributed by atoms with Crippen LogP contribution < -0.4 is 0 Å².